The van der Waals surface area contributed by atoms with Gasteiger partial charge in [-0.05, 0) is 25.8 Å². The molecular formula is C21H26ClN7O4S. The summed E-state index contributed by atoms with van der Waals surface area (Å²) >= 11 is 5.86. The molecule has 0 unspecified atom stereocenters. The minimum atomic E-state index is -3.97. The van der Waals surface area contributed by atoms with Crippen LogP contribution in [-0.4, -0.2) is 57.6 Å². The molecule has 0 aromatic carbocycles. The first-order valence-electron chi connectivity index (χ1n) is 10.8. The van der Waals surface area contributed by atoms with Crippen molar-refractivity contribution in [3.8, 4) is 17.4 Å². The van der Waals surface area contributed by atoms with E-state index >= 15 is 0 Å². The lowest BCUT2D eigenvalue weighted by Gasteiger charge is -2.23. The molecule has 1 aliphatic carbocycles. The summed E-state index contributed by atoms with van der Waals surface area (Å²) in [5, 5.41) is 7.77. The van der Waals surface area contributed by atoms with E-state index in [4.69, 9.17) is 21.1 Å². The maximum atomic E-state index is 13.4. The van der Waals surface area contributed by atoms with E-state index in [2.05, 4.69) is 29.9 Å². The van der Waals surface area contributed by atoms with Crippen LogP contribution in [0.1, 0.15) is 50.6 Å². The first-order valence-corrected chi connectivity index (χ1v) is 12.7. The molecule has 1 fully saturated rings. The van der Waals surface area contributed by atoms with Crippen LogP contribution in [0.3, 0.4) is 0 Å². The second-order valence-corrected chi connectivity index (χ2v) is 10.5. The Labute approximate surface area is 203 Å². The van der Waals surface area contributed by atoms with E-state index in [1.165, 1.54) is 33.5 Å². The van der Waals surface area contributed by atoms with E-state index in [1.807, 2.05) is 4.57 Å². The van der Waals surface area contributed by atoms with Crippen LogP contribution in [0.2, 0.25) is 5.02 Å². The van der Waals surface area contributed by atoms with Gasteiger partial charge in [0.2, 0.25) is 21.9 Å². The summed E-state index contributed by atoms with van der Waals surface area (Å²) in [5.41, 5.74) is 0.543. The summed E-state index contributed by atoms with van der Waals surface area (Å²) in [6.07, 6.45) is 5.72. The van der Waals surface area contributed by atoms with Gasteiger partial charge in [0.1, 0.15) is 17.0 Å². The van der Waals surface area contributed by atoms with Crippen molar-refractivity contribution < 1.29 is 17.9 Å². The van der Waals surface area contributed by atoms with Gasteiger partial charge in [0.15, 0.2) is 11.6 Å². The first kappa shape index (κ1) is 24.3. The topological polar surface area (TPSA) is 134 Å². The summed E-state index contributed by atoms with van der Waals surface area (Å²) in [4.78, 5) is 12.7. The van der Waals surface area contributed by atoms with Crippen LogP contribution >= 0.6 is 11.6 Å². The summed E-state index contributed by atoms with van der Waals surface area (Å²) in [6.45, 7) is 1.52. The van der Waals surface area contributed by atoms with Crippen molar-refractivity contribution in [3.63, 3.8) is 0 Å². The van der Waals surface area contributed by atoms with Crippen molar-refractivity contribution in [2.45, 2.75) is 50.0 Å². The number of aromatic nitrogens is 6. The van der Waals surface area contributed by atoms with E-state index in [9.17, 15) is 8.42 Å². The summed E-state index contributed by atoms with van der Waals surface area (Å²) < 4.78 is 41.8. The Hall–Kier alpha value is -2.83. The molecule has 1 aliphatic rings. The smallest absolute Gasteiger partial charge is 0.240 e. The van der Waals surface area contributed by atoms with Crippen LogP contribution in [-0.2, 0) is 14.8 Å². The number of halogens is 1. The summed E-state index contributed by atoms with van der Waals surface area (Å²) in [7, 11) is -1.03. The van der Waals surface area contributed by atoms with Crippen molar-refractivity contribution in [1.82, 2.24) is 29.7 Å². The van der Waals surface area contributed by atoms with Crippen LogP contribution in [0.5, 0.6) is 5.88 Å². The van der Waals surface area contributed by atoms with Crippen molar-refractivity contribution in [2.24, 2.45) is 0 Å². The highest BCUT2D eigenvalue weighted by molar-refractivity contribution is 7.93. The molecule has 0 amide bonds. The monoisotopic (exact) mass is 507 g/mol. The number of hydrogen-bond donors (Lipinski definition) is 1. The highest BCUT2D eigenvalue weighted by Crippen LogP contribution is 2.36. The zero-order chi connectivity index (χ0) is 24.3. The van der Waals surface area contributed by atoms with Gasteiger partial charge in [0.25, 0.3) is 0 Å². The van der Waals surface area contributed by atoms with Crippen LogP contribution in [0.25, 0.3) is 11.5 Å². The third kappa shape index (κ3) is 4.98. The fourth-order valence-electron chi connectivity index (χ4n) is 4.06. The summed E-state index contributed by atoms with van der Waals surface area (Å²) in [5.74, 6) is 1.24. The van der Waals surface area contributed by atoms with Gasteiger partial charge in [-0.3, -0.25) is 9.29 Å². The molecule has 3 heterocycles. The van der Waals surface area contributed by atoms with E-state index in [1.54, 1.807) is 18.2 Å². The normalized spacial score (nSPS) is 16.4. The molecule has 11 nitrogen and oxygen atoms in total. The molecule has 0 radical (unpaired) electrons. The van der Waals surface area contributed by atoms with Gasteiger partial charge in [-0.15, -0.1) is 10.2 Å². The Balaban J connectivity index is 1.68. The van der Waals surface area contributed by atoms with Gasteiger partial charge < -0.3 is 9.47 Å². The average molecular weight is 508 g/mol. The SMILES string of the molecule is COc1cccc(-c2nnc(NS(=O)(=O)[C@@H](C)[C@H](OC)c3ncc(Cl)cn3)n2C2CCCC2)n1. The average Bonchev–Trinajstić information content (AvgIpc) is 3.50. The Morgan fingerprint density at radius 2 is 1.85 bits per heavy atom. The lowest BCUT2D eigenvalue weighted by Crippen LogP contribution is -2.33. The van der Waals surface area contributed by atoms with Crippen molar-refractivity contribution in [2.75, 3.05) is 18.9 Å². The molecule has 3 aromatic heterocycles. The first-order chi connectivity index (χ1) is 16.3. The van der Waals surface area contributed by atoms with Crippen LogP contribution in [0, 0.1) is 0 Å². The molecule has 0 aliphatic heterocycles. The summed E-state index contributed by atoms with van der Waals surface area (Å²) in [6, 6.07) is 5.37. The van der Waals surface area contributed by atoms with E-state index in [-0.39, 0.29) is 17.8 Å². The quantitative estimate of drug-likeness (QED) is 0.462. The maximum absolute atomic E-state index is 13.4. The van der Waals surface area contributed by atoms with Gasteiger partial charge in [0, 0.05) is 31.6 Å². The minimum absolute atomic E-state index is 0.0452. The third-order valence-corrected chi connectivity index (χ3v) is 7.73. The number of hydrogen-bond acceptors (Lipinski definition) is 9. The molecule has 1 N–H and O–H groups in total. The van der Waals surface area contributed by atoms with Crippen molar-refractivity contribution >= 4 is 27.6 Å². The second kappa shape index (κ2) is 10.2. The van der Waals surface area contributed by atoms with Crippen LogP contribution < -0.4 is 9.46 Å². The van der Waals surface area contributed by atoms with Crippen LogP contribution in [0.4, 0.5) is 5.95 Å². The molecule has 4 rings (SSSR count). The van der Waals surface area contributed by atoms with Gasteiger partial charge in [-0.25, -0.2) is 23.4 Å². The second-order valence-electron chi connectivity index (χ2n) is 7.99. The molecular weight excluding hydrogens is 482 g/mol. The largest absolute Gasteiger partial charge is 0.481 e. The fraction of sp³-hybridized carbons (Fsp3) is 0.476. The number of rotatable bonds is 9. The number of nitrogens with one attached hydrogen (secondary N) is 1. The predicted molar refractivity (Wildman–Crippen MR) is 126 cm³/mol. The maximum Gasteiger partial charge on any atom is 0.240 e. The molecule has 2 atom stereocenters. The third-order valence-electron chi connectivity index (χ3n) is 5.85. The molecule has 13 heteroatoms. The van der Waals surface area contributed by atoms with Gasteiger partial charge in [-0.2, -0.15) is 0 Å². The molecule has 0 saturated heterocycles. The molecule has 1 saturated carbocycles. The van der Waals surface area contributed by atoms with E-state index in [0.717, 1.165) is 25.7 Å². The van der Waals surface area contributed by atoms with E-state index in [0.29, 0.717) is 22.4 Å². The number of methoxy groups -OCH3 is 2. The lowest BCUT2D eigenvalue weighted by atomic mass is 10.2. The Morgan fingerprint density at radius 3 is 2.50 bits per heavy atom. The number of ether oxygens (including phenoxy) is 2. The predicted octanol–water partition coefficient (Wildman–Crippen LogP) is 3.43. The Morgan fingerprint density at radius 1 is 1.15 bits per heavy atom. The Kier molecular flexibility index (Phi) is 7.29. The van der Waals surface area contributed by atoms with Gasteiger partial charge in [0.05, 0.1) is 12.1 Å². The number of pyridine rings is 1. The van der Waals surface area contributed by atoms with Crippen molar-refractivity contribution in [3.05, 3.63) is 41.4 Å². The van der Waals surface area contributed by atoms with Crippen molar-refractivity contribution in [1.29, 1.82) is 0 Å². The zero-order valence-electron chi connectivity index (χ0n) is 19.0. The molecule has 0 spiro atoms. The highest BCUT2D eigenvalue weighted by atomic mass is 35.5. The standard InChI is InChI=1S/C21H26ClN7O4S/c1-13(18(33-3)19-23-11-14(22)12-24-19)34(30,31)28-21-27-26-20(29(21)15-7-4-5-8-15)16-9-6-10-17(25-16)32-2/h6,9-13,15,18H,4-5,7-8H2,1-3H3,(H,27,28)/t13-,18-/m0/s1. The highest BCUT2D eigenvalue weighted by Gasteiger charge is 2.35. The lowest BCUT2D eigenvalue weighted by molar-refractivity contribution is 0.0950. The van der Waals surface area contributed by atoms with Crippen LogP contribution in [0.15, 0.2) is 30.6 Å². The van der Waals surface area contributed by atoms with Gasteiger partial charge >= 0.3 is 0 Å². The number of sulfonamides is 1. The molecule has 34 heavy (non-hydrogen) atoms. The minimum Gasteiger partial charge on any atom is -0.481 e. The molecule has 182 valence electrons. The fourth-order valence-corrected chi connectivity index (χ4v) is 5.29. The van der Waals surface area contributed by atoms with Gasteiger partial charge in [-0.1, -0.05) is 30.5 Å². The van der Waals surface area contributed by atoms with E-state index < -0.39 is 21.4 Å². The number of nitrogens with zero attached hydrogens (tertiary/aromatic N) is 6. The zero-order valence-corrected chi connectivity index (χ0v) is 20.6. The molecule has 3 aromatic rings. The number of anilines is 1. The molecule has 0 bridgehead atoms. The Bertz CT molecular complexity index is 1230.